The van der Waals surface area contributed by atoms with E-state index in [-0.39, 0.29) is 5.91 Å². The summed E-state index contributed by atoms with van der Waals surface area (Å²) in [4.78, 5) is 15.3. The number of hydrogen-bond donors (Lipinski definition) is 1. The minimum absolute atomic E-state index is 0.0112. The molecule has 1 aromatic carbocycles. The van der Waals surface area contributed by atoms with Crippen molar-refractivity contribution in [1.29, 1.82) is 0 Å². The normalized spacial score (nSPS) is 26.6. The summed E-state index contributed by atoms with van der Waals surface area (Å²) < 4.78 is 27.1. The van der Waals surface area contributed by atoms with Crippen LogP contribution in [0.2, 0.25) is 0 Å². The van der Waals surface area contributed by atoms with Gasteiger partial charge in [-0.3, -0.25) is 9.69 Å². The van der Waals surface area contributed by atoms with Gasteiger partial charge in [-0.1, -0.05) is 19.3 Å². The van der Waals surface area contributed by atoms with Crippen LogP contribution in [0.4, 0.5) is 5.69 Å². The van der Waals surface area contributed by atoms with E-state index in [0.29, 0.717) is 36.3 Å². The molecule has 0 bridgehead atoms. The molecule has 0 unspecified atom stereocenters. The number of carbonyl (C=O) groups excluding carboxylic acids is 1. The van der Waals surface area contributed by atoms with Gasteiger partial charge in [0.25, 0.3) is 0 Å². The fraction of sp³-hybridized carbons (Fsp3) is 0.682. The minimum atomic E-state index is -3.43. The minimum Gasteiger partial charge on any atom is -0.325 e. The Morgan fingerprint density at radius 1 is 0.897 bits per heavy atom. The van der Waals surface area contributed by atoms with Crippen LogP contribution < -0.4 is 5.32 Å². The number of amides is 1. The molecule has 4 rings (SSSR count). The van der Waals surface area contributed by atoms with Crippen molar-refractivity contribution in [2.75, 3.05) is 31.5 Å². The fourth-order valence-electron chi connectivity index (χ4n) is 5.27. The van der Waals surface area contributed by atoms with E-state index < -0.39 is 10.0 Å². The van der Waals surface area contributed by atoms with Gasteiger partial charge in [0.05, 0.1) is 11.4 Å². The number of likely N-dealkylation sites (tertiary alicyclic amines) is 1. The first-order valence-electron chi connectivity index (χ1n) is 11.2. The lowest BCUT2D eigenvalue weighted by molar-refractivity contribution is -0.118. The highest BCUT2D eigenvalue weighted by Gasteiger charge is 2.34. The molecule has 3 fully saturated rings. The van der Waals surface area contributed by atoms with Gasteiger partial charge in [-0.2, -0.15) is 4.31 Å². The van der Waals surface area contributed by atoms with Gasteiger partial charge in [0, 0.05) is 24.8 Å². The molecule has 2 heterocycles. The lowest BCUT2D eigenvalue weighted by Crippen LogP contribution is -2.49. The maximum atomic E-state index is 12.7. The average Bonchev–Trinajstić information content (AvgIpc) is 2.75. The molecule has 7 heteroatoms. The van der Waals surface area contributed by atoms with Gasteiger partial charge in [0.15, 0.2) is 0 Å². The summed E-state index contributed by atoms with van der Waals surface area (Å²) in [5.41, 5.74) is 0.657. The van der Waals surface area contributed by atoms with Gasteiger partial charge < -0.3 is 5.32 Å². The van der Waals surface area contributed by atoms with Gasteiger partial charge in [0.2, 0.25) is 15.9 Å². The van der Waals surface area contributed by atoms with Crippen LogP contribution in [0.5, 0.6) is 0 Å². The van der Waals surface area contributed by atoms with E-state index >= 15 is 0 Å². The molecule has 6 nitrogen and oxygen atoms in total. The number of anilines is 1. The van der Waals surface area contributed by atoms with Crippen LogP contribution in [0, 0.1) is 5.92 Å². The van der Waals surface area contributed by atoms with E-state index in [1.165, 1.54) is 38.5 Å². The predicted molar refractivity (Wildman–Crippen MR) is 114 cm³/mol. The van der Waals surface area contributed by atoms with Gasteiger partial charge in [0.1, 0.15) is 0 Å². The van der Waals surface area contributed by atoms with Gasteiger partial charge >= 0.3 is 0 Å². The molecule has 1 N–H and O–H groups in total. The zero-order valence-corrected chi connectivity index (χ0v) is 18.0. The molecule has 0 aromatic heterocycles. The number of fused-ring (bicyclic) bond motifs is 1. The molecular weight excluding hydrogens is 386 g/mol. The first-order valence-corrected chi connectivity index (χ1v) is 12.6. The Labute approximate surface area is 174 Å². The number of benzene rings is 1. The molecule has 2 atom stereocenters. The van der Waals surface area contributed by atoms with Crippen LogP contribution in [-0.4, -0.2) is 55.8 Å². The lowest BCUT2D eigenvalue weighted by Gasteiger charge is -2.43. The van der Waals surface area contributed by atoms with Crippen LogP contribution in [0.15, 0.2) is 29.2 Å². The topological polar surface area (TPSA) is 69.7 Å². The molecule has 160 valence electrons. The summed E-state index contributed by atoms with van der Waals surface area (Å²) in [6.45, 7) is 2.62. The standard InChI is InChI=1S/C22H33N3O3S/c26-22(17-24-14-6-8-18-7-2-3-9-21(18)24)23-19-10-12-20(13-11-19)29(27,28)25-15-4-1-5-16-25/h10-13,18,21H,1-9,14-17H2,(H,23,26)/t18-,21+/m1/s1. The highest BCUT2D eigenvalue weighted by Crippen LogP contribution is 2.35. The van der Waals surface area contributed by atoms with E-state index in [9.17, 15) is 13.2 Å². The van der Waals surface area contributed by atoms with Crippen molar-refractivity contribution in [3.05, 3.63) is 24.3 Å². The third kappa shape index (κ3) is 4.84. The Bertz CT molecular complexity index is 801. The van der Waals surface area contributed by atoms with E-state index in [1.54, 1.807) is 28.6 Å². The van der Waals surface area contributed by atoms with Crippen LogP contribution in [0.1, 0.15) is 57.8 Å². The van der Waals surface area contributed by atoms with E-state index in [0.717, 1.165) is 31.7 Å². The Morgan fingerprint density at radius 2 is 1.59 bits per heavy atom. The van der Waals surface area contributed by atoms with Crippen molar-refractivity contribution in [3.63, 3.8) is 0 Å². The molecule has 1 amide bonds. The average molecular weight is 420 g/mol. The Hall–Kier alpha value is -1.44. The molecule has 2 aliphatic heterocycles. The number of piperidine rings is 2. The third-order valence-corrected chi connectivity index (χ3v) is 8.71. The van der Waals surface area contributed by atoms with E-state index in [1.807, 2.05) is 0 Å². The molecular formula is C22H33N3O3S. The van der Waals surface area contributed by atoms with E-state index in [4.69, 9.17) is 0 Å². The maximum absolute atomic E-state index is 12.7. The third-order valence-electron chi connectivity index (χ3n) is 6.80. The predicted octanol–water partition coefficient (Wildman–Crippen LogP) is 3.45. The van der Waals surface area contributed by atoms with Gasteiger partial charge in [-0.15, -0.1) is 0 Å². The number of carbonyl (C=O) groups is 1. The maximum Gasteiger partial charge on any atom is 0.243 e. The quantitative estimate of drug-likeness (QED) is 0.794. The zero-order chi connectivity index (χ0) is 20.3. The summed E-state index contributed by atoms with van der Waals surface area (Å²) in [7, 11) is -3.43. The van der Waals surface area contributed by atoms with Crippen molar-refractivity contribution in [2.24, 2.45) is 5.92 Å². The second-order valence-corrected chi connectivity index (χ2v) is 10.7. The lowest BCUT2D eigenvalue weighted by atomic mass is 9.78. The van der Waals surface area contributed by atoms with Crippen LogP contribution in [0.3, 0.4) is 0 Å². The van der Waals surface area contributed by atoms with E-state index in [2.05, 4.69) is 10.2 Å². The summed E-state index contributed by atoms with van der Waals surface area (Å²) in [6.07, 6.45) is 10.5. The molecule has 1 saturated carbocycles. The fourth-order valence-corrected chi connectivity index (χ4v) is 6.79. The molecule has 29 heavy (non-hydrogen) atoms. The first-order chi connectivity index (χ1) is 14.0. The molecule has 3 aliphatic rings. The van der Waals surface area contributed by atoms with Crippen molar-refractivity contribution < 1.29 is 13.2 Å². The van der Waals surface area contributed by atoms with Crippen molar-refractivity contribution >= 4 is 21.6 Å². The molecule has 0 spiro atoms. The molecule has 2 saturated heterocycles. The van der Waals surface area contributed by atoms with Crippen LogP contribution >= 0.6 is 0 Å². The SMILES string of the molecule is O=C(CN1CCC[C@H]2CCCC[C@@H]21)Nc1ccc(S(=O)(=O)N2CCCCC2)cc1. The smallest absolute Gasteiger partial charge is 0.243 e. The Morgan fingerprint density at radius 3 is 2.34 bits per heavy atom. The zero-order valence-electron chi connectivity index (χ0n) is 17.2. The summed E-state index contributed by atoms with van der Waals surface area (Å²) in [5, 5.41) is 2.95. The van der Waals surface area contributed by atoms with Crippen LogP contribution in [-0.2, 0) is 14.8 Å². The largest absolute Gasteiger partial charge is 0.325 e. The monoisotopic (exact) mass is 419 g/mol. The van der Waals surface area contributed by atoms with Gasteiger partial charge in [-0.25, -0.2) is 8.42 Å². The highest BCUT2D eigenvalue weighted by atomic mass is 32.2. The Balaban J connectivity index is 1.35. The summed E-state index contributed by atoms with van der Waals surface area (Å²) in [5.74, 6) is 0.743. The number of hydrogen-bond acceptors (Lipinski definition) is 4. The number of nitrogens with zero attached hydrogens (tertiary/aromatic N) is 2. The number of sulfonamides is 1. The van der Waals surface area contributed by atoms with Gasteiger partial charge in [-0.05, 0) is 75.3 Å². The van der Waals surface area contributed by atoms with Crippen molar-refractivity contribution in [3.8, 4) is 0 Å². The molecule has 1 aromatic rings. The summed E-state index contributed by atoms with van der Waals surface area (Å²) >= 11 is 0. The molecule has 1 aliphatic carbocycles. The Kier molecular flexibility index (Phi) is 6.56. The molecule has 0 radical (unpaired) electrons. The highest BCUT2D eigenvalue weighted by molar-refractivity contribution is 7.89. The number of rotatable bonds is 5. The van der Waals surface area contributed by atoms with Crippen molar-refractivity contribution in [1.82, 2.24) is 9.21 Å². The second kappa shape index (κ2) is 9.14. The van der Waals surface area contributed by atoms with Crippen LogP contribution in [0.25, 0.3) is 0 Å². The first kappa shape index (κ1) is 20.8. The number of nitrogens with one attached hydrogen (secondary N) is 1. The van der Waals surface area contributed by atoms with Crippen molar-refractivity contribution in [2.45, 2.75) is 68.7 Å². The summed E-state index contributed by atoms with van der Waals surface area (Å²) in [6, 6.07) is 7.18. The second-order valence-electron chi connectivity index (χ2n) is 8.76.